The van der Waals surface area contributed by atoms with Crippen LogP contribution >= 0.6 is 11.3 Å². The van der Waals surface area contributed by atoms with Gasteiger partial charge in [0, 0.05) is 23.7 Å². The molecule has 0 radical (unpaired) electrons. The number of carbonyl (C=O) groups excluding carboxylic acids is 1. The van der Waals surface area contributed by atoms with Gasteiger partial charge in [-0.15, -0.1) is 11.3 Å². The summed E-state index contributed by atoms with van der Waals surface area (Å²) in [6, 6.07) is 1.36. The number of aromatic nitrogens is 2. The van der Waals surface area contributed by atoms with E-state index in [2.05, 4.69) is 20.6 Å². The van der Waals surface area contributed by atoms with Gasteiger partial charge in [0.1, 0.15) is 17.6 Å². The maximum atomic E-state index is 12.2. The number of hydrogen-bond donors (Lipinski definition) is 2. The molecule has 0 unspecified atom stereocenters. The summed E-state index contributed by atoms with van der Waals surface area (Å²) in [5.74, 6) is -0.179. The van der Waals surface area contributed by atoms with Crippen molar-refractivity contribution in [3.63, 3.8) is 0 Å². The molecule has 2 aromatic rings. The fourth-order valence-electron chi connectivity index (χ4n) is 1.63. The number of thiazole rings is 1. The van der Waals surface area contributed by atoms with Crippen molar-refractivity contribution in [2.24, 2.45) is 0 Å². The van der Waals surface area contributed by atoms with Crippen LogP contribution in [0, 0.1) is 17.0 Å². The first-order valence-corrected chi connectivity index (χ1v) is 6.95. The van der Waals surface area contributed by atoms with Crippen LogP contribution in [0.4, 0.5) is 16.6 Å². The van der Waals surface area contributed by atoms with Crippen molar-refractivity contribution in [3.05, 3.63) is 39.0 Å². The van der Waals surface area contributed by atoms with E-state index < -0.39 is 10.8 Å². The Morgan fingerprint density at radius 2 is 2.19 bits per heavy atom. The first-order valence-electron chi connectivity index (χ1n) is 6.13. The Kier molecular flexibility index (Phi) is 4.43. The number of hydrogen-bond acceptors (Lipinski definition) is 7. The zero-order chi connectivity index (χ0) is 15.4. The molecule has 0 fully saturated rings. The monoisotopic (exact) mass is 307 g/mol. The minimum atomic E-state index is -0.634. The van der Waals surface area contributed by atoms with Crippen LogP contribution in [0.3, 0.4) is 0 Å². The van der Waals surface area contributed by atoms with Crippen molar-refractivity contribution >= 4 is 33.9 Å². The Hall–Kier alpha value is -2.55. The Bertz CT molecular complexity index is 685. The number of carbonyl (C=O) groups is 1. The largest absolute Gasteiger partial charge is 0.370 e. The van der Waals surface area contributed by atoms with E-state index in [1.54, 1.807) is 6.20 Å². The summed E-state index contributed by atoms with van der Waals surface area (Å²) >= 11 is 1.30. The van der Waals surface area contributed by atoms with Gasteiger partial charge in [0.05, 0.1) is 4.92 Å². The molecule has 1 amide bonds. The topological polar surface area (TPSA) is 110 Å². The number of nitrogens with zero attached hydrogens (tertiary/aromatic N) is 3. The van der Waals surface area contributed by atoms with E-state index in [0.29, 0.717) is 17.5 Å². The molecule has 0 aliphatic carbocycles. The molecule has 2 N–H and O–H groups in total. The summed E-state index contributed by atoms with van der Waals surface area (Å²) in [6.45, 7) is 4.31. The molecule has 2 heterocycles. The van der Waals surface area contributed by atoms with Gasteiger partial charge >= 0.3 is 0 Å². The third kappa shape index (κ3) is 3.51. The van der Waals surface area contributed by atoms with Gasteiger partial charge in [0.25, 0.3) is 11.6 Å². The maximum Gasteiger partial charge on any atom is 0.300 e. The molecule has 0 atom stereocenters. The molecule has 8 nitrogen and oxygen atoms in total. The number of nitro groups is 1. The molecule has 0 aliphatic rings. The van der Waals surface area contributed by atoms with Crippen molar-refractivity contribution in [1.29, 1.82) is 0 Å². The first kappa shape index (κ1) is 14.9. The lowest BCUT2D eigenvalue weighted by Gasteiger charge is -2.06. The summed E-state index contributed by atoms with van der Waals surface area (Å²) in [5.41, 5.74) is -0.402. The molecule has 9 heteroatoms. The van der Waals surface area contributed by atoms with Gasteiger partial charge in [-0.3, -0.25) is 20.2 Å². The van der Waals surface area contributed by atoms with Crippen molar-refractivity contribution in [2.45, 2.75) is 13.8 Å². The Labute approximate surface area is 124 Å². The smallest absolute Gasteiger partial charge is 0.300 e. The quantitative estimate of drug-likeness (QED) is 0.648. The van der Waals surface area contributed by atoms with E-state index >= 15 is 0 Å². The van der Waals surface area contributed by atoms with Gasteiger partial charge < -0.3 is 5.32 Å². The normalized spacial score (nSPS) is 10.2. The fraction of sp³-hybridized carbons (Fsp3) is 0.250. The second-order valence-electron chi connectivity index (χ2n) is 4.10. The molecule has 110 valence electrons. The summed E-state index contributed by atoms with van der Waals surface area (Å²) in [4.78, 5) is 31.4. The predicted octanol–water partition coefficient (Wildman–Crippen LogP) is 2.44. The highest BCUT2D eigenvalue weighted by atomic mass is 32.1. The van der Waals surface area contributed by atoms with Crippen LogP contribution < -0.4 is 10.6 Å². The van der Waals surface area contributed by atoms with E-state index in [1.807, 2.05) is 13.8 Å². The second-order valence-corrected chi connectivity index (χ2v) is 5.34. The average Bonchev–Trinajstić information content (AvgIpc) is 2.84. The van der Waals surface area contributed by atoms with Crippen molar-refractivity contribution in [2.75, 3.05) is 17.2 Å². The van der Waals surface area contributed by atoms with Gasteiger partial charge in [-0.25, -0.2) is 9.97 Å². The maximum absolute atomic E-state index is 12.2. The molecule has 0 saturated heterocycles. The number of pyridine rings is 1. The lowest BCUT2D eigenvalue weighted by Crippen LogP contribution is -2.15. The third-order valence-corrected chi connectivity index (χ3v) is 3.35. The highest BCUT2D eigenvalue weighted by molar-refractivity contribution is 7.15. The Balaban J connectivity index is 2.32. The molecule has 2 aromatic heterocycles. The van der Waals surface area contributed by atoms with Crippen LogP contribution in [0.1, 0.15) is 22.2 Å². The summed E-state index contributed by atoms with van der Waals surface area (Å²) in [7, 11) is 0. The molecule has 0 saturated carbocycles. The zero-order valence-electron chi connectivity index (χ0n) is 11.4. The minimum absolute atomic E-state index is 0.0567. The van der Waals surface area contributed by atoms with Crippen molar-refractivity contribution < 1.29 is 9.72 Å². The number of nitrogens with one attached hydrogen (secondary N) is 2. The minimum Gasteiger partial charge on any atom is -0.370 e. The van der Waals surface area contributed by atoms with Crippen LogP contribution in [0.25, 0.3) is 0 Å². The number of anilines is 2. The molecule has 2 rings (SSSR count). The molecule has 21 heavy (non-hydrogen) atoms. The van der Waals surface area contributed by atoms with Gasteiger partial charge in [0.2, 0.25) is 0 Å². The Morgan fingerprint density at radius 1 is 1.43 bits per heavy atom. The lowest BCUT2D eigenvalue weighted by molar-refractivity contribution is -0.385. The third-order valence-electron chi connectivity index (χ3n) is 2.52. The molecule has 0 bridgehead atoms. The fourth-order valence-corrected chi connectivity index (χ4v) is 2.29. The van der Waals surface area contributed by atoms with Crippen LogP contribution in [0.2, 0.25) is 0 Å². The predicted molar refractivity (Wildman–Crippen MR) is 79.9 cm³/mol. The zero-order valence-corrected chi connectivity index (χ0v) is 12.2. The summed E-state index contributed by atoms with van der Waals surface area (Å²) in [6.07, 6.45) is 2.69. The van der Waals surface area contributed by atoms with Crippen molar-refractivity contribution in [1.82, 2.24) is 9.97 Å². The van der Waals surface area contributed by atoms with Gasteiger partial charge in [0.15, 0.2) is 5.13 Å². The van der Waals surface area contributed by atoms with E-state index in [9.17, 15) is 14.9 Å². The van der Waals surface area contributed by atoms with Gasteiger partial charge in [-0.2, -0.15) is 0 Å². The Morgan fingerprint density at radius 3 is 2.76 bits per heavy atom. The van der Waals surface area contributed by atoms with Crippen LogP contribution in [0.5, 0.6) is 0 Å². The number of rotatable bonds is 5. The summed E-state index contributed by atoms with van der Waals surface area (Å²) < 4.78 is 0. The number of aryl methyl sites for hydroxylation is 1. The van der Waals surface area contributed by atoms with Gasteiger partial charge in [-0.05, 0) is 13.8 Å². The molecule has 0 aromatic carbocycles. The highest BCUT2D eigenvalue weighted by Gasteiger charge is 2.22. The molecule has 0 aliphatic heterocycles. The standard InChI is InChI=1S/C12H13N5O3S/c1-3-13-10-4-8(9(6-14-10)17(19)20)11(18)16-12-15-5-7(2)21-12/h4-6H,3H2,1-2H3,(H,13,14)(H,15,16,18). The van der Waals surface area contributed by atoms with E-state index in [4.69, 9.17) is 0 Å². The first-order chi connectivity index (χ1) is 10.0. The van der Waals surface area contributed by atoms with Crippen molar-refractivity contribution in [3.8, 4) is 0 Å². The number of amides is 1. The van der Waals surface area contributed by atoms with E-state index in [1.165, 1.54) is 17.4 Å². The molecular weight excluding hydrogens is 294 g/mol. The average molecular weight is 307 g/mol. The van der Waals surface area contributed by atoms with Crippen LogP contribution in [0.15, 0.2) is 18.5 Å². The SMILES string of the molecule is CCNc1cc(C(=O)Nc2ncc(C)s2)c([N+](=O)[O-])cn1. The summed E-state index contributed by atoms with van der Waals surface area (Å²) in [5, 5.41) is 16.9. The van der Waals surface area contributed by atoms with Crippen LogP contribution in [-0.2, 0) is 0 Å². The molecule has 0 spiro atoms. The highest BCUT2D eigenvalue weighted by Crippen LogP contribution is 2.23. The van der Waals surface area contributed by atoms with Crippen LogP contribution in [-0.4, -0.2) is 27.3 Å². The lowest BCUT2D eigenvalue weighted by atomic mass is 10.2. The van der Waals surface area contributed by atoms with E-state index in [-0.39, 0.29) is 11.3 Å². The van der Waals surface area contributed by atoms with E-state index in [0.717, 1.165) is 11.1 Å². The van der Waals surface area contributed by atoms with Gasteiger partial charge in [-0.1, -0.05) is 0 Å². The molecular formula is C12H13N5O3S. The second kappa shape index (κ2) is 6.27.